The number of aromatic amines is 1. The molecule has 0 bridgehead atoms. The molecule has 25 heavy (non-hydrogen) atoms. The minimum absolute atomic E-state index is 0.226. The van der Waals surface area contributed by atoms with Crippen LogP contribution in [-0.2, 0) is 22.8 Å². The molecule has 10 heteroatoms. The van der Waals surface area contributed by atoms with E-state index in [1.807, 2.05) is 0 Å². The topological polar surface area (TPSA) is 89.0 Å². The quantitative estimate of drug-likeness (QED) is 0.805. The van der Waals surface area contributed by atoms with Crippen molar-refractivity contribution in [1.82, 2.24) is 9.78 Å². The Morgan fingerprint density at radius 2 is 1.88 bits per heavy atom. The number of aromatic nitrogens is 2. The Kier molecular flexibility index (Phi) is 4.69. The van der Waals surface area contributed by atoms with E-state index in [9.17, 15) is 31.2 Å². The molecule has 0 amide bonds. The Balaban J connectivity index is 2.78. The van der Waals surface area contributed by atoms with Gasteiger partial charge < -0.3 is 5.10 Å². The first-order valence-electron chi connectivity index (χ1n) is 6.99. The summed E-state index contributed by atoms with van der Waals surface area (Å²) in [5, 5.41) is 2.49. The summed E-state index contributed by atoms with van der Waals surface area (Å²) in [4.78, 5) is 23.6. The number of H-pyrrole nitrogens is 1. The van der Waals surface area contributed by atoms with Crippen molar-refractivity contribution in [3.8, 4) is 0 Å². The third kappa shape index (κ3) is 3.26. The van der Waals surface area contributed by atoms with Crippen LogP contribution in [0, 0.1) is 6.92 Å². The van der Waals surface area contributed by atoms with E-state index >= 15 is 0 Å². The van der Waals surface area contributed by atoms with Gasteiger partial charge in [0.1, 0.15) is 5.56 Å². The van der Waals surface area contributed by atoms with E-state index in [4.69, 9.17) is 0 Å². The Bertz CT molecular complexity index is 1010. The molecule has 0 aliphatic carbocycles. The molecular weight excluding hydrogens is 361 g/mol. The molecule has 0 radical (unpaired) electrons. The highest BCUT2D eigenvalue weighted by Crippen LogP contribution is 2.36. The summed E-state index contributed by atoms with van der Waals surface area (Å²) >= 11 is 0. The van der Waals surface area contributed by atoms with E-state index in [1.165, 1.54) is 14.0 Å². The maximum absolute atomic E-state index is 13.8. The molecule has 0 atom stereocenters. The molecule has 0 aliphatic heterocycles. The molecule has 2 aromatic rings. The second kappa shape index (κ2) is 6.17. The predicted molar refractivity (Wildman–Crippen MR) is 83.6 cm³/mol. The molecule has 0 saturated carbocycles. The molecule has 0 saturated heterocycles. The zero-order chi connectivity index (χ0) is 19.2. The lowest BCUT2D eigenvalue weighted by Crippen LogP contribution is -2.23. The van der Waals surface area contributed by atoms with Gasteiger partial charge in [-0.25, -0.2) is 12.8 Å². The average Bonchev–Trinajstić information content (AvgIpc) is 2.84. The summed E-state index contributed by atoms with van der Waals surface area (Å²) in [6.45, 7) is -0.917. The highest BCUT2D eigenvalue weighted by Gasteiger charge is 2.38. The summed E-state index contributed by atoms with van der Waals surface area (Å²) in [5.41, 5.74) is -2.43. The van der Waals surface area contributed by atoms with E-state index in [-0.39, 0.29) is 16.7 Å². The van der Waals surface area contributed by atoms with Gasteiger partial charge in [-0.3, -0.25) is 14.3 Å². The van der Waals surface area contributed by atoms with E-state index in [1.54, 1.807) is 0 Å². The van der Waals surface area contributed by atoms with Crippen LogP contribution in [0.3, 0.4) is 0 Å². The molecule has 6 nitrogen and oxygen atoms in total. The van der Waals surface area contributed by atoms with Crippen LogP contribution in [0.25, 0.3) is 0 Å². The van der Waals surface area contributed by atoms with Gasteiger partial charge in [-0.1, -0.05) is 12.1 Å². The third-order valence-corrected chi connectivity index (χ3v) is 5.03. The normalized spacial score (nSPS) is 12.4. The summed E-state index contributed by atoms with van der Waals surface area (Å²) in [6.07, 6.45) is 1.82. The summed E-state index contributed by atoms with van der Waals surface area (Å²) in [7, 11) is -2.82. The maximum atomic E-state index is 13.8. The van der Waals surface area contributed by atoms with Crippen LogP contribution in [0.2, 0.25) is 0 Å². The van der Waals surface area contributed by atoms with Crippen molar-refractivity contribution in [3.05, 3.63) is 50.9 Å². The zero-order valence-electron chi connectivity index (χ0n) is 13.6. The van der Waals surface area contributed by atoms with Gasteiger partial charge >= 0.3 is 5.92 Å². The second-order valence-electron chi connectivity index (χ2n) is 5.61. The lowest BCUT2D eigenvalue weighted by molar-refractivity contribution is -0.0308. The average molecular weight is 376 g/mol. The fourth-order valence-corrected chi connectivity index (χ4v) is 3.83. The number of alkyl halides is 3. The van der Waals surface area contributed by atoms with Crippen molar-refractivity contribution in [2.45, 2.75) is 17.7 Å². The first-order valence-corrected chi connectivity index (χ1v) is 8.88. The molecule has 1 aromatic heterocycles. The standard InChI is InChI=1S/C15H15F3N2O4S/c1-8-9(12(21)10-6-19-20(2)14(10)22)4-5-11(15(17,18)7-16)13(8)25(3,23)24/h4-6,19H,7H2,1-3H3. The summed E-state index contributed by atoms with van der Waals surface area (Å²) < 4.78 is 65.3. The monoisotopic (exact) mass is 376 g/mol. The SMILES string of the molecule is Cc1c(C(=O)c2c[nH]n(C)c2=O)ccc(C(F)(F)CF)c1S(C)(=O)=O. The fourth-order valence-electron chi connectivity index (χ4n) is 2.55. The van der Waals surface area contributed by atoms with Crippen LogP contribution in [0.15, 0.2) is 28.0 Å². The van der Waals surface area contributed by atoms with Crippen LogP contribution in [0.4, 0.5) is 13.2 Å². The minimum Gasteiger partial charge on any atom is -0.302 e. The molecule has 0 spiro atoms. The molecule has 0 aliphatic rings. The number of sulfone groups is 1. The Hall–Kier alpha value is -2.36. The van der Waals surface area contributed by atoms with Gasteiger partial charge in [-0.05, 0) is 12.5 Å². The van der Waals surface area contributed by atoms with Gasteiger partial charge in [0, 0.05) is 30.6 Å². The van der Waals surface area contributed by atoms with Gasteiger partial charge in [0.05, 0.1) is 4.90 Å². The molecule has 2 rings (SSSR count). The van der Waals surface area contributed by atoms with Gasteiger partial charge in [-0.2, -0.15) is 8.78 Å². The number of carbonyl (C=O) groups is 1. The molecule has 1 aromatic carbocycles. The van der Waals surface area contributed by atoms with Crippen LogP contribution < -0.4 is 5.56 Å². The molecule has 136 valence electrons. The smallest absolute Gasteiger partial charge is 0.302 e. The number of halogens is 3. The molecule has 1 N–H and O–H groups in total. The highest BCUT2D eigenvalue weighted by molar-refractivity contribution is 7.90. The van der Waals surface area contributed by atoms with Gasteiger partial charge in [0.15, 0.2) is 22.3 Å². The summed E-state index contributed by atoms with van der Waals surface area (Å²) in [6, 6.07) is 1.67. The zero-order valence-corrected chi connectivity index (χ0v) is 14.4. The number of benzene rings is 1. The van der Waals surface area contributed by atoms with Crippen molar-refractivity contribution < 1.29 is 26.4 Å². The fraction of sp³-hybridized carbons (Fsp3) is 0.333. The first-order chi connectivity index (χ1) is 11.4. The van der Waals surface area contributed by atoms with Crippen LogP contribution in [0.5, 0.6) is 0 Å². The number of nitrogens with one attached hydrogen (secondary N) is 1. The molecular formula is C15H15F3N2O4S. The summed E-state index contributed by atoms with van der Waals surface area (Å²) in [5.74, 6) is -4.84. The number of carbonyl (C=O) groups excluding carboxylic acids is 1. The molecule has 0 unspecified atom stereocenters. The van der Waals surface area contributed by atoms with E-state index in [0.717, 1.165) is 16.9 Å². The van der Waals surface area contributed by atoms with Gasteiger partial charge in [0.2, 0.25) is 0 Å². The number of hydrogen-bond acceptors (Lipinski definition) is 4. The third-order valence-electron chi connectivity index (χ3n) is 3.77. The highest BCUT2D eigenvalue weighted by atomic mass is 32.2. The van der Waals surface area contributed by atoms with E-state index in [0.29, 0.717) is 12.3 Å². The van der Waals surface area contributed by atoms with Crippen molar-refractivity contribution in [1.29, 1.82) is 0 Å². The Morgan fingerprint density at radius 3 is 2.32 bits per heavy atom. The first kappa shape index (κ1) is 19.0. The Labute approximate surface area is 141 Å². The van der Waals surface area contributed by atoms with Crippen LogP contribution in [-0.4, -0.2) is 36.9 Å². The van der Waals surface area contributed by atoms with Crippen LogP contribution >= 0.6 is 0 Å². The molecule has 0 fully saturated rings. The minimum atomic E-state index is -4.19. The molecule has 1 heterocycles. The lowest BCUT2D eigenvalue weighted by atomic mass is 9.96. The number of aryl methyl sites for hydroxylation is 1. The van der Waals surface area contributed by atoms with Gasteiger partial charge in [-0.15, -0.1) is 0 Å². The number of rotatable bonds is 5. The van der Waals surface area contributed by atoms with Crippen LogP contribution in [0.1, 0.15) is 27.0 Å². The van der Waals surface area contributed by atoms with Crippen molar-refractivity contribution in [2.24, 2.45) is 7.05 Å². The largest absolute Gasteiger partial charge is 0.302 e. The second-order valence-corrected chi connectivity index (χ2v) is 7.56. The van der Waals surface area contributed by atoms with Crippen molar-refractivity contribution in [2.75, 3.05) is 12.9 Å². The van der Waals surface area contributed by atoms with Gasteiger partial charge in [0.25, 0.3) is 5.56 Å². The predicted octanol–water partition coefficient (Wildman–Crippen LogP) is 1.72. The van der Waals surface area contributed by atoms with E-state index in [2.05, 4.69) is 5.10 Å². The number of nitrogens with zero attached hydrogens (tertiary/aromatic N) is 1. The Morgan fingerprint density at radius 1 is 1.28 bits per heavy atom. The maximum Gasteiger partial charge on any atom is 0.302 e. The number of hydrogen-bond donors (Lipinski definition) is 1. The number of ketones is 1. The lowest BCUT2D eigenvalue weighted by Gasteiger charge is -2.19. The van der Waals surface area contributed by atoms with Crippen molar-refractivity contribution >= 4 is 15.6 Å². The van der Waals surface area contributed by atoms with E-state index < -0.39 is 44.2 Å². The van der Waals surface area contributed by atoms with Crippen molar-refractivity contribution in [3.63, 3.8) is 0 Å².